The summed E-state index contributed by atoms with van der Waals surface area (Å²) in [6, 6.07) is 2.67. The summed E-state index contributed by atoms with van der Waals surface area (Å²) in [5.41, 5.74) is -0.803. The average molecular weight is 288 g/mol. The van der Waals surface area contributed by atoms with Crippen LogP contribution in [0.3, 0.4) is 0 Å². The van der Waals surface area contributed by atoms with E-state index in [0.29, 0.717) is 5.75 Å². The van der Waals surface area contributed by atoms with Crippen molar-refractivity contribution < 1.29 is 18.3 Å². The molecule has 0 aliphatic carbocycles. The zero-order valence-electron chi connectivity index (χ0n) is 10.2. The molecule has 1 rings (SSSR count). The van der Waals surface area contributed by atoms with Crippen LogP contribution in [0.25, 0.3) is 0 Å². The molecular formula is C11H13FN2O4S. The number of nitro benzene ring substituents is 1. The van der Waals surface area contributed by atoms with E-state index in [1.807, 2.05) is 0 Å². The minimum Gasteiger partial charge on any atom is -0.351 e. The first kappa shape index (κ1) is 15.2. The highest BCUT2D eigenvalue weighted by atomic mass is 32.2. The van der Waals surface area contributed by atoms with Crippen LogP contribution < -0.4 is 5.32 Å². The minimum atomic E-state index is -1.04. The molecule has 0 spiro atoms. The number of benzene rings is 1. The maximum Gasteiger partial charge on any atom is 0.282 e. The van der Waals surface area contributed by atoms with Gasteiger partial charge in [0.15, 0.2) is 0 Å². The number of nitrogens with one attached hydrogen (secondary N) is 1. The molecule has 0 fully saturated rings. The van der Waals surface area contributed by atoms with Crippen LogP contribution in [0.15, 0.2) is 18.2 Å². The molecule has 6 nitrogen and oxygen atoms in total. The van der Waals surface area contributed by atoms with E-state index < -0.39 is 33.1 Å². The van der Waals surface area contributed by atoms with E-state index in [1.54, 1.807) is 6.92 Å². The van der Waals surface area contributed by atoms with Gasteiger partial charge in [-0.2, -0.15) is 0 Å². The number of carbonyl (C=O) groups excluding carboxylic acids is 1. The first-order valence-electron chi connectivity index (χ1n) is 5.52. The predicted molar refractivity (Wildman–Crippen MR) is 68.9 cm³/mol. The van der Waals surface area contributed by atoms with Gasteiger partial charge in [-0.15, -0.1) is 0 Å². The molecule has 0 saturated carbocycles. The fraction of sp³-hybridized carbons (Fsp3) is 0.364. The Morgan fingerprint density at radius 3 is 2.79 bits per heavy atom. The molecule has 0 heterocycles. The molecule has 19 heavy (non-hydrogen) atoms. The summed E-state index contributed by atoms with van der Waals surface area (Å²) in [5, 5.41) is 13.1. The van der Waals surface area contributed by atoms with Crippen molar-refractivity contribution in [3.63, 3.8) is 0 Å². The van der Waals surface area contributed by atoms with Crippen LogP contribution in [-0.2, 0) is 10.8 Å². The Labute approximate surface area is 111 Å². The number of nitro groups is 1. The van der Waals surface area contributed by atoms with Gasteiger partial charge >= 0.3 is 0 Å². The minimum absolute atomic E-state index is 0.118. The maximum absolute atomic E-state index is 13.0. The highest BCUT2D eigenvalue weighted by Gasteiger charge is 2.20. The molecule has 0 saturated heterocycles. The zero-order valence-corrected chi connectivity index (χ0v) is 11.0. The standard InChI is InChI=1S/C11H13FN2O4S/c1-2-19(18)6-5-13-11(15)9-7-8(12)3-4-10(9)14(16)17/h3-4,7H,2,5-6H2,1H3,(H,13,15). The van der Waals surface area contributed by atoms with Gasteiger partial charge in [0.05, 0.1) is 4.92 Å². The molecule has 1 aromatic carbocycles. The van der Waals surface area contributed by atoms with Crippen molar-refractivity contribution in [2.45, 2.75) is 6.92 Å². The lowest BCUT2D eigenvalue weighted by molar-refractivity contribution is -0.385. The van der Waals surface area contributed by atoms with Gasteiger partial charge in [-0.05, 0) is 12.1 Å². The lowest BCUT2D eigenvalue weighted by Crippen LogP contribution is -2.28. The van der Waals surface area contributed by atoms with Gasteiger partial charge in [0.25, 0.3) is 11.6 Å². The lowest BCUT2D eigenvalue weighted by Gasteiger charge is -2.05. The van der Waals surface area contributed by atoms with Gasteiger partial charge < -0.3 is 5.32 Å². The molecule has 1 unspecified atom stereocenters. The molecular weight excluding hydrogens is 275 g/mol. The van der Waals surface area contributed by atoms with Crippen LogP contribution in [0, 0.1) is 15.9 Å². The van der Waals surface area contributed by atoms with Crippen LogP contribution in [-0.4, -0.2) is 33.1 Å². The van der Waals surface area contributed by atoms with Gasteiger partial charge in [0.1, 0.15) is 11.4 Å². The number of rotatable bonds is 6. The molecule has 0 aliphatic heterocycles. The van der Waals surface area contributed by atoms with E-state index in [2.05, 4.69) is 5.32 Å². The summed E-state index contributed by atoms with van der Waals surface area (Å²) in [6.07, 6.45) is 0. The van der Waals surface area contributed by atoms with Crippen molar-refractivity contribution in [3.8, 4) is 0 Å². The highest BCUT2D eigenvalue weighted by Crippen LogP contribution is 2.19. The zero-order chi connectivity index (χ0) is 14.4. The fourth-order valence-corrected chi connectivity index (χ4v) is 1.99. The third kappa shape index (κ3) is 4.40. The Morgan fingerprint density at radius 1 is 1.53 bits per heavy atom. The summed E-state index contributed by atoms with van der Waals surface area (Å²) < 4.78 is 24.2. The topological polar surface area (TPSA) is 89.3 Å². The van der Waals surface area contributed by atoms with Gasteiger partial charge in [-0.1, -0.05) is 6.92 Å². The summed E-state index contributed by atoms with van der Waals surface area (Å²) in [7, 11) is -1.04. The van der Waals surface area contributed by atoms with Crippen LogP contribution in [0.1, 0.15) is 17.3 Å². The summed E-state index contributed by atoms with van der Waals surface area (Å²) in [5.74, 6) is -0.756. The second-order valence-electron chi connectivity index (χ2n) is 3.61. The largest absolute Gasteiger partial charge is 0.351 e. The third-order valence-corrected chi connectivity index (χ3v) is 3.64. The number of halogens is 1. The molecule has 8 heteroatoms. The number of hydrogen-bond acceptors (Lipinski definition) is 4. The number of nitrogens with zero attached hydrogens (tertiary/aromatic N) is 1. The Hall–Kier alpha value is -1.83. The van der Waals surface area contributed by atoms with Crippen molar-refractivity contribution in [1.82, 2.24) is 5.32 Å². The van der Waals surface area contributed by atoms with Crippen molar-refractivity contribution in [3.05, 3.63) is 39.7 Å². The molecule has 0 aromatic heterocycles. The number of amides is 1. The average Bonchev–Trinajstić information content (AvgIpc) is 2.37. The molecule has 1 N–H and O–H groups in total. The smallest absolute Gasteiger partial charge is 0.282 e. The molecule has 1 amide bonds. The molecule has 0 bridgehead atoms. The third-order valence-electron chi connectivity index (χ3n) is 2.34. The van der Waals surface area contributed by atoms with E-state index >= 15 is 0 Å². The van der Waals surface area contributed by atoms with E-state index in [9.17, 15) is 23.5 Å². The Bertz CT molecular complexity index is 521. The number of hydrogen-bond donors (Lipinski definition) is 1. The van der Waals surface area contributed by atoms with Crippen LogP contribution >= 0.6 is 0 Å². The second-order valence-corrected chi connectivity index (χ2v) is 5.47. The highest BCUT2D eigenvalue weighted by molar-refractivity contribution is 7.84. The molecule has 0 radical (unpaired) electrons. The first-order chi connectivity index (χ1) is 8.95. The Morgan fingerprint density at radius 2 is 2.21 bits per heavy atom. The van der Waals surface area contributed by atoms with Gasteiger partial charge in [-0.3, -0.25) is 19.1 Å². The van der Waals surface area contributed by atoms with Crippen LogP contribution in [0.2, 0.25) is 0 Å². The van der Waals surface area contributed by atoms with Crippen molar-refractivity contribution in [1.29, 1.82) is 0 Å². The van der Waals surface area contributed by atoms with E-state index in [0.717, 1.165) is 18.2 Å². The lowest BCUT2D eigenvalue weighted by atomic mass is 10.1. The van der Waals surface area contributed by atoms with Crippen molar-refractivity contribution in [2.75, 3.05) is 18.1 Å². The summed E-state index contributed by atoms with van der Waals surface area (Å²) in [6.45, 7) is 1.86. The molecule has 104 valence electrons. The number of carbonyl (C=O) groups is 1. The Kier molecular flexibility index (Phi) is 5.56. The summed E-state index contributed by atoms with van der Waals surface area (Å²) >= 11 is 0. The van der Waals surface area contributed by atoms with Crippen LogP contribution in [0.5, 0.6) is 0 Å². The normalized spacial score (nSPS) is 11.9. The molecule has 1 aromatic rings. The van der Waals surface area contributed by atoms with Gasteiger partial charge in [0.2, 0.25) is 0 Å². The fourth-order valence-electron chi connectivity index (χ4n) is 1.37. The SMILES string of the molecule is CCS(=O)CCNC(=O)c1cc(F)ccc1[N+](=O)[O-]. The second kappa shape index (κ2) is 6.93. The maximum atomic E-state index is 13.0. The van der Waals surface area contributed by atoms with Gasteiger partial charge in [0, 0.05) is 34.9 Å². The Balaban J connectivity index is 2.78. The van der Waals surface area contributed by atoms with Crippen molar-refractivity contribution in [2.24, 2.45) is 0 Å². The van der Waals surface area contributed by atoms with E-state index in [-0.39, 0.29) is 17.9 Å². The van der Waals surface area contributed by atoms with Crippen molar-refractivity contribution >= 4 is 22.4 Å². The molecule has 1 atom stereocenters. The first-order valence-corrected chi connectivity index (χ1v) is 7.01. The quantitative estimate of drug-likeness (QED) is 0.630. The summed E-state index contributed by atoms with van der Waals surface area (Å²) in [4.78, 5) is 21.7. The van der Waals surface area contributed by atoms with Crippen LogP contribution in [0.4, 0.5) is 10.1 Å². The monoisotopic (exact) mass is 288 g/mol. The predicted octanol–water partition coefficient (Wildman–Crippen LogP) is 1.23. The van der Waals surface area contributed by atoms with Gasteiger partial charge in [-0.25, -0.2) is 4.39 Å². The molecule has 0 aliphatic rings. The van der Waals surface area contributed by atoms with E-state index in [1.165, 1.54) is 0 Å². The van der Waals surface area contributed by atoms with E-state index in [4.69, 9.17) is 0 Å².